The maximum atomic E-state index is 8.99. The molecule has 3 N–H and O–H groups in total. The Morgan fingerprint density at radius 1 is 1.29 bits per heavy atom. The number of hydrogen-bond donors (Lipinski definition) is 3. The molecular weight excluding hydrogens is 241 g/mol. The number of nitrogens with zero attached hydrogens (tertiary/aromatic N) is 3. The van der Waals surface area contributed by atoms with Crippen LogP contribution in [0.25, 0.3) is 0 Å². The summed E-state index contributed by atoms with van der Waals surface area (Å²) >= 11 is 1.43. The van der Waals surface area contributed by atoms with Crippen LogP contribution in [0.1, 0.15) is 0 Å². The van der Waals surface area contributed by atoms with E-state index in [1.165, 1.54) is 11.3 Å². The fraction of sp³-hybridized carbons (Fsp3) is 0.667. The van der Waals surface area contributed by atoms with Gasteiger partial charge in [-0.3, -0.25) is 4.90 Å². The van der Waals surface area contributed by atoms with Crippen LogP contribution in [0.4, 0.5) is 5.13 Å². The van der Waals surface area contributed by atoms with Gasteiger partial charge in [-0.2, -0.15) is 0 Å². The van der Waals surface area contributed by atoms with Gasteiger partial charge < -0.3 is 20.1 Å². The van der Waals surface area contributed by atoms with Crippen molar-refractivity contribution >= 4 is 29.2 Å². The van der Waals surface area contributed by atoms with Gasteiger partial charge in [0, 0.05) is 38.1 Å². The molecule has 1 aromatic heterocycles. The first-order valence-corrected chi connectivity index (χ1v) is 6.48. The van der Waals surface area contributed by atoms with Crippen LogP contribution in [-0.4, -0.2) is 71.5 Å². The predicted octanol–water partition coefficient (Wildman–Crippen LogP) is -2.06. The van der Waals surface area contributed by atoms with Crippen molar-refractivity contribution in [1.29, 1.82) is 0 Å². The van der Waals surface area contributed by atoms with Crippen LogP contribution in [0.15, 0.2) is 5.38 Å². The number of β-amino-alcohol motifs (C(OH)–C–C–N with tert-alkyl or cyclic N) is 1. The van der Waals surface area contributed by atoms with Crippen molar-refractivity contribution in [3.8, 4) is 0 Å². The standard InChI is InChI=1S/C9H16BN3O3S/c14-6-5-12-1-3-13(4-2-12)9-11-8(7-17-9)10(15)16/h7,14-16H,1-6H2. The summed E-state index contributed by atoms with van der Waals surface area (Å²) in [6.07, 6.45) is 0. The third-order valence-electron chi connectivity index (χ3n) is 2.83. The SMILES string of the molecule is OCCN1CCN(c2nc(B(O)O)cs2)CC1. The van der Waals surface area contributed by atoms with Crippen LogP contribution < -0.4 is 10.5 Å². The molecule has 0 bridgehead atoms. The van der Waals surface area contributed by atoms with Crippen molar-refractivity contribution in [3.05, 3.63) is 5.38 Å². The summed E-state index contributed by atoms with van der Waals surface area (Å²) < 4.78 is 0. The average molecular weight is 257 g/mol. The Labute approximate surface area is 104 Å². The highest BCUT2D eigenvalue weighted by molar-refractivity contribution is 7.14. The Morgan fingerprint density at radius 2 is 2.00 bits per heavy atom. The largest absolute Gasteiger partial charge is 0.509 e. The molecular formula is C9H16BN3O3S. The van der Waals surface area contributed by atoms with Gasteiger partial charge in [-0.05, 0) is 0 Å². The molecule has 8 heteroatoms. The average Bonchev–Trinajstić information content (AvgIpc) is 2.80. The van der Waals surface area contributed by atoms with Gasteiger partial charge in [-0.1, -0.05) is 0 Å². The Balaban J connectivity index is 1.91. The van der Waals surface area contributed by atoms with E-state index in [2.05, 4.69) is 14.8 Å². The van der Waals surface area contributed by atoms with Gasteiger partial charge in [0.25, 0.3) is 0 Å². The Kier molecular flexibility index (Phi) is 4.35. The molecule has 1 aliphatic rings. The minimum atomic E-state index is -1.49. The van der Waals surface area contributed by atoms with Gasteiger partial charge in [0.2, 0.25) is 0 Å². The molecule has 0 atom stereocenters. The van der Waals surface area contributed by atoms with Crippen molar-refractivity contribution in [2.24, 2.45) is 0 Å². The lowest BCUT2D eigenvalue weighted by atomic mass is 9.88. The van der Waals surface area contributed by atoms with E-state index >= 15 is 0 Å². The van der Waals surface area contributed by atoms with E-state index in [1.54, 1.807) is 5.38 Å². The highest BCUT2D eigenvalue weighted by atomic mass is 32.1. The van der Waals surface area contributed by atoms with Crippen molar-refractivity contribution in [2.45, 2.75) is 0 Å². The van der Waals surface area contributed by atoms with E-state index in [0.29, 0.717) is 12.1 Å². The lowest BCUT2D eigenvalue weighted by molar-refractivity contribution is 0.189. The molecule has 0 unspecified atom stereocenters. The predicted molar refractivity (Wildman–Crippen MR) is 67.7 cm³/mol. The van der Waals surface area contributed by atoms with Crippen molar-refractivity contribution < 1.29 is 15.2 Å². The minimum Gasteiger partial charge on any atom is -0.422 e. The third kappa shape index (κ3) is 3.17. The Bertz CT molecular complexity index is 355. The first-order valence-electron chi connectivity index (χ1n) is 5.60. The van der Waals surface area contributed by atoms with E-state index in [1.807, 2.05) is 0 Å². The van der Waals surface area contributed by atoms with Gasteiger partial charge in [0.15, 0.2) is 5.13 Å². The third-order valence-corrected chi connectivity index (χ3v) is 3.75. The summed E-state index contributed by atoms with van der Waals surface area (Å²) in [5.74, 6) is 0. The number of hydrogen-bond acceptors (Lipinski definition) is 7. The Hall–Kier alpha value is -0.665. The summed E-state index contributed by atoms with van der Waals surface area (Å²) in [6.45, 7) is 4.42. The van der Waals surface area contributed by atoms with E-state index < -0.39 is 7.12 Å². The van der Waals surface area contributed by atoms with Crippen LogP contribution in [-0.2, 0) is 0 Å². The van der Waals surface area contributed by atoms with E-state index in [4.69, 9.17) is 15.2 Å². The molecule has 0 aliphatic carbocycles. The zero-order valence-electron chi connectivity index (χ0n) is 9.49. The molecule has 0 aromatic carbocycles. The molecule has 94 valence electrons. The van der Waals surface area contributed by atoms with Gasteiger partial charge in [-0.15, -0.1) is 11.3 Å². The molecule has 17 heavy (non-hydrogen) atoms. The van der Waals surface area contributed by atoms with Crippen LogP contribution in [0.5, 0.6) is 0 Å². The van der Waals surface area contributed by atoms with Crippen molar-refractivity contribution in [2.75, 3.05) is 44.2 Å². The number of thiazole rings is 1. The smallest absolute Gasteiger partial charge is 0.422 e. The van der Waals surface area contributed by atoms with E-state index in [9.17, 15) is 0 Å². The quantitative estimate of drug-likeness (QED) is 0.538. The van der Waals surface area contributed by atoms with Gasteiger partial charge in [0.05, 0.1) is 12.2 Å². The number of rotatable bonds is 4. The normalized spacial score (nSPS) is 17.5. The molecule has 0 saturated carbocycles. The number of aliphatic hydroxyl groups is 1. The van der Waals surface area contributed by atoms with Crippen LogP contribution in [0, 0.1) is 0 Å². The van der Waals surface area contributed by atoms with Gasteiger partial charge >= 0.3 is 7.12 Å². The van der Waals surface area contributed by atoms with Gasteiger partial charge in [-0.25, -0.2) is 4.98 Å². The van der Waals surface area contributed by atoms with Crippen molar-refractivity contribution in [3.63, 3.8) is 0 Å². The molecule has 1 fully saturated rings. The molecule has 0 amide bonds. The monoisotopic (exact) mass is 257 g/mol. The molecule has 6 nitrogen and oxygen atoms in total. The molecule has 0 radical (unpaired) electrons. The van der Waals surface area contributed by atoms with Crippen molar-refractivity contribution in [1.82, 2.24) is 9.88 Å². The van der Waals surface area contributed by atoms with Crippen LogP contribution in [0.2, 0.25) is 0 Å². The molecule has 0 spiro atoms. The van der Waals surface area contributed by atoms with Crippen LogP contribution in [0.3, 0.4) is 0 Å². The summed E-state index contributed by atoms with van der Waals surface area (Å²) in [6, 6.07) is 0. The molecule has 2 rings (SSSR count). The summed E-state index contributed by atoms with van der Waals surface area (Å²) in [5, 5.41) is 29.3. The fourth-order valence-corrected chi connectivity index (χ4v) is 2.73. The highest BCUT2D eigenvalue weighted by Crippen LogP contribution is 2.18. The fourth-order valence-electron chi connectivity index (χ4n) is 1.84. The first kappa shape index (κ1) is 12.8. The first-order chi connectivity index (χ1) is 8.20. The minimum absolute atomic E-state index is 0.193. The van der Waals surface area contributed by atoms with Gasteiger partial charge in [0.1, 0.15) is 0 Å². The second-order valence-corrected chi connectivity index (χ2v) is 4.82. The molecule has 1 saturated heterocycles. The molecule has 2 heterocycles. The number of aliphatic hydroxyl groups excluding tert-OH is 1. The molecule has 1 aliphatic heterocycles. The van der Waals surface area contributed by atoms with E-state index in [-0.39, 0.29) is 6.61 Å². The zero-order chi connectivity index (χ0) is 12.3. The summed E-state index contributed by atoms with van der Waals surface area (Å²) in [4.78, 5) is 8.51. The van der Waals surface area contributed by atoms with E-state index in [0.717, 1.165) is 31.3 Å². The summed E-state index contributed by atoms with van der Waals surface area (Å²) in [5.41, 5.74) is 0.308. The lowest BCUT2D eigenvalue weighted by Gasteiger charge is -2.34. The number of aromatic nitrogens is 1. The van der Waals surface area contributed by atoms with Crippen LogP contribution >= 0.6 is 11.3 Å². The zero-order valence-corrected chi connectivity index (χ0v) is 10.3. The topological polar surface area (TPSA) is 80.1 Å². The second-order valence-electron chi connectivity index (χ2n) is 3.98. The number of piperazine rings is 1. The maximum absolute atomic E-state index is 8.99. The molecule has 1 aromatic rings. The highest BCUT2D eigenvalue weighted by Gasteiger charge is 2.21. The lowest BCUT2D eigenvalue weighted by Crippen LogP contribution is -2.47. The number of anilines is 1. The Morgan fingerprint density at radius 3 is 2.53 bits per heavy atom. The summed E-state index contributed by atoms with van der Waals surface area (Å²) in [7, 11) is -1.49. The maximum Gasteiger partial charge on any atom is 0.509 e. The second kappa shape index (κ2) is 5.79.